The van der Waals surface area contributed by atoms with Gasteiger partial charge < -0.3 is 0 Å². The fourth-order valence-corrected chi connectivity index (χ4v) is 1.28. The Labute approximate surface area is 83.8 Å². The number of alkyl halides is 3. The minimum Gasteiger partial charge on any atom is -0.253 e. The molecular weight excluding hydrogens is 205 g/mol. The van der Waals surface area contributed by atoms with Gasteiger partial charge in [-0.15, -0.1) is 0 Å². The molecule has 0 fully saturated rings. The van der Waals surface area contributed by atoms with Gasteiger partial charge in [0.2, 0.25) is 0 Å². The van der Waals surface area contributed by atoms with Crippen molar-refractivity contribution in [1.82, 2.24) is 9.97 Å². The van der Waals surface area contributed by atoms with Gasteiger partial charge in [0.05, 0.1) is 22.3 Å². The molecule has 1 aromatic carbocycles. The molecule has 1 heterocycles. The third-order valence-corrected chi connectivity index (χ3v) is 1.99. The highest BCUT2D eigenvalue weighted by Crippen LogP contribution is 2.30. The van der Waals surface area contributed by atoms with Crippen LogP contribution in [0.15, 0.2) is 24.4 Å². The molecule has 0 bridgehead atoms. The predicted molar refractivity (Wildman–Crippen MR) is 49.3 cm³/mol. The number of aromatic nitrogens is 2. The molecule has 0 saturated carbocycles. The molecule has 0 spiro atoms. The van der Waals surface area contributed by atoms with Gasteiger partial charge in [-0.1, -0.05) is 0 Å². The van der Waals surface area contributed by atoms with Crippen LogP contribution < -0.4 is 0 Å². The second-order valence-corrected chi connectivity index (χ2v) is 3.21. The number of hydrogen-bond acceptors (Lipinski definition) is 2. The molecule has 78 valence electrons. The van der Waals surface area contributed by atoms with Gasteiger partial charge >= 0.3 is 6.18 Å². The van der Waals surface area contributed by atoms with Crippen molar-refractivity contribution in [3.8, 4) is 0 Å². The minimum atomic E-state index is -4.33. The van der Waals surface area contributed by atoms with Crippen molar-refractivity contribution >= 4 is 11.0 Å². The van der Waals surface area contributed by atoms with E-state index in [0.717, 1.165) is 12.1 Å². The van der Waals surface area contributed by atoms with Crippen molar-refractivity contribution in [3.63, 3.8) is 0 Å². The lowest BCUT2D eigenvalue weighted by atomic mass is 10.2. The molecule has 15 heavy (non-hydrogen) atoms. The summed E-state index contributed by atoms with van der Waals surface area (Å²) in [6.07, 6.45) is -2.81. The van der Waals surface area contributed by atoms with Gasteiger partial charge in [-0.05, 0) is 25.1 Å². The van der Waals surface area contributed by atoms with Gasteiger partial charge in [-0.2, -0.15) is 13.2 Å². The first-order chi connectivity index (χ1) is 6.97. The summed E-state index contributed by atoms with van der Waals surface area (Å²) in [6.45, 7) is 1.69. The lowest BCUT2D eigenvalue weighted by Crippen LogP contribution is -2.04. The molecule has 0 aliphatic rings. The maximum atomic E-state index is 12.4. The summed E-state index contributed by atoms with van der Waals surface area (Å²) < 4.78 is 37.1. The van der Waals surface area contributed by atoms with E-state index < -0.39 is 11.7 Å². The van der Waals surface area contributed by atoms with Crippen molar-refractivity contribution in [2.45, 2.75) is 13.1 Å². The Morgan fingerprint density at radius 1 is 1.13 bits per heavy atom. The summed E-state index contributed by atoms with van der Waals surface area (Å²) >= 11 is 0. The van der Waals surface area contributed by atoms with Crippen LogP contribution >= 0.6 is 0 Å². The second kappa shape index (κ2) is 3.18. The maximum Gasteiger partial charge on any atom is 0.416 e. The Morgan fingerprint density at radius 3 is 2.53 bits per heavy atom. The molecule has 0 atom stereocenters. The fraction of sp³-hybridized carbons (Fsp3) is 0.200. The Hall–Kier alpha value is -1.65. The van der Waals surface area contributed by atoms with E-state index in [1.54, 1.807) is 6.92 Å². The lowest BCUT2D eigenvalue weighted by molar-refractivity contribution is -0.137. The molecule has 2 rings (SSSR count). The van der Waals surface area contributed by atoms with Crippen LogP contribution in [-0.4, -0.2) is 9.97 Å². The highest BCUT2D eigenvalue weighted by Gasteiger charge is 2.30. The lowest BCUT2D eigenvalue weighted by Gasteiger charge is -2.06. The fourth-order valence-electron chi connectivity index (χ4n) is 1.28. The van der Waals surface area contributed by atoms with E-state index in [2.05, 4.69) is 9.97 Å². The Morgan fingerprint density at radius 2 is 1.87 bits per heavy atom. The zero-order chi connectivity index (χ0) is 11.1. The zero-order valence-electron chi connectivity index (χ0n) is 7.84. The molecule has 0 aliphatic carbocycles. The maximum absolute atomic E-state index is 12.4. The predicted octanol–water partition coefficient (Wildman–Crippen LogP) is 2.96. The summed E-state index contributed by atoms with van der Waals surface area (Å²) in [6, 6.07) is 3.34. The van der Waals surface area contributed by atoms with Gasteiger partial charge in [0.1, 0.15) is 0 Å². The standard InChI is InChI=1S/C10H7F3N2/c1-6-5-14-8-3-2-7(10(11,12)13)4-9(8)15-6/h2-5H,1H3. The van der Waals surface area contributed by atoms with Gasteiger partial charge in [0.25, 0.3) is 0 Å². The molecule has 2 aromatic rings. The van der Waals surface area contributed by atoms with Crippen LogP contribution in [0.5, 0.6) is 0 Å². The molecule has 0 amide bonds. The third kappa shape index (κ3) is 1.91. The number of benzene rings is 1. The van der Waals surface area contributed by atoms with Crippen molar-refractivity contribution in [3.05, 3.63) is 35.7 Å². The number of halogens is 3. The van der Waals surface area contributed by atoms with Crippen LogP contribution in [0.2, 0.25) is 0 Å². The normalized spacial score (nSPS) is 12.0. The molecule has 0 aliphatic heterocycles. The van der Waals surface area contributed by atoms with Crippen molar-refractivity contribution < 1.29 is 13.2 Å². The van der Waals surface area contributed by atoms with Gasteiger partial charge in [0.15, 0.2) is 0 Å². The van der Waals surface area contributed by atoms with E-state index in [-0.39, 0.29) is 5.52 Å². The Balaban J connectivity index is 2.64. The third-order valence-electron chi connectivity index (χ3n) is 1.99. The van der Waals surface area contributed by atoms with Crippen LogP contribution in [0.3, 0.4) is 0 Å². The number of rotatable bonds is 0. The Kier molecular flexibility index (Phi) is 2.10. The highest BCUT2D eigenvalue weighted by molar-refractivity contribution is 5.74. The average Bonchev–Trinajstić information content (AvgIpc) is 2.15. The topological polar surface area (TPSA) is 25.8 Å². The van der Waals surface area contributed by atoms with Crippen molar-refractivity contribution in [2.24, 2.45) is 0 Å². The Bertz CT molecular complexity index is 505. The first-order valence-corrected chi connectivity index (χ1v) is 4.27. The van der Waals surface area contributed by atoms with Crippen LogP contribution in [-0.2, 0) is 6.18 Å². The van der Waals surface area contributed by atoms with E-state index in [9.17, 15) is 13.2 Å². The number of aryl methyl sites for hydroxylation is 1. The van der Waals surface area contributed by atoms with E-state index in [1.165, 1.54) is 12.3 Å². The SMILES string of the molecule is Cc1cnc2ccc(C(F)(F)F)cc2n1. The first-order valence-electron chi connectivity index (χ1n) is 4.27. The second-order valence-electron chi connectivity index (χ2n) is 3.21. The average molecular weight is 212 g/mol. The summed E-state index contributed by atoms with van der Waals surface area (Å²) in [5, 5.41) is 0. The monoisotopic (exact) mass is 212 g/mol. The molecule has 5 heteroatoms. The van der Waals surface area contributed by atoms with Crippen LogP contribution in [0, 0.1) is 6.92 Å². The summed E-state index contributed by atoms with van der Waals surface area (Å²) in [5.74, 6) is 0. The summed E-state index contributed by atoms with van der Waals surface area (Å²) in [4.78, 5) is 7.96. The van der Waals surface area contributed by atoms with E-state index in [0.29, 0.717) is 11.2 Å². The quantitative estimate of drug-likeness (QED) is 0.670. The number of fused-ring (bicyclic) bond motifs is 1. The smallest absolute Gasteiger partial charge is 0.253 e. The van der Waals surface area contributed by atoms with E-state index in [1.807, 2.05) is 0 Å². The zero-order valence-corrected chi connectivity index (χ0v) is 7.84. The van der Waals surface area contributed by atoms with Gasteiger partial charge in [-0.3, -0.25) is 4.98 Å². The summed E-state index contributed by atoms with van der Waals surface area (Å²) in [7, 11) is 0. The molecule has 0 N–H and O–H groups in total. The molecular formula is C10H7F3N2. The molecule has 0 unspecified atom stereocenters. The van der Waals surface area contributed by atoms with E-state index in [4.69, 9.17) is 0 Å². The molecule has 0 radical (unpaired) electrons. The molecule has 1 aromatic heterocycles. The number of nitrogens with zero attached hydrogens (tertiary/aromatic N) is 2. The van der Waals surface area contributed by atoms with Crippen LogP contribution in [0.1, 0.15) is 11.3 Å². The summed E-state index contributed by atoms with van der Waals surface area (Å²) in [5.41, 5.74) is 0.634. The molecule has 2 nitrogen and oxygen atoms in total. The first kappa shape index (κ1) is 9.89. The van der Waals surface area contributed by atoms with Gasteiger partial charge in [-0.25, -0.2) is 4.98 Å². The van der Waals surface area contributed by atoms with Gasteiger partial charge in [0, 0.05) is 6.20 Å². The van der Waals surface area contributed by atoms with Crippen LogP contribution in [0.4, 0.5) is 13.2 Å². The molecule has 0 saturated heterocycles. The van der Waals surface area contributed by atoms with Crippen molar-refractivity contribution in [1.29, 1.82) is 0 Å². The minimum absolute atomic E-state index is 0.268. The number of hydrogen-bond donors (Lipinski definition) is 0. The van der Waals surface area contributed by atoms with Crippen molar-refractivity contribution in [2.75, 3.05) is 0 Å². The van der Waals surface area contributed by atoms with E-state index >= 15 is 0 Å². The largest absolute Gasteiger partial charge is 0.416 e. The van der Waals surface area contributed by atoms with Crippen LogP contribution in [0.25, 0.3) is 11.0 Å². The highest BCUT2D eigenvalue weighted by atomic mass is 19.4.